The summed E-state index contributed by atoms with van der Waals surface area (Å²) in [4.78, 5) is 0. The Kier molecular flexibility index (Phi) is 8.82. The van der Waals surface area contributed by atoms with Crippen LogP contribution in [0.2, 0.25) is 0 Å². The number of aliphatic hydroxyl groups is 1. The molecule has 1 fully saturated rings. The second kappa shape index (κ2) is 11.4. The standard InChI is InChI=1S/C25H35FN2O3S/c1-27-17-22-16-19(4-3-15-29)7-14-25(22)21-8-12-24(13-9-21)28(32(2,30)31)18-20-5-10-23(26)11-6-20/h5-7,10-11,14,16,21,24,27,29H,3-4,8-9,12-13,15,17-18H2,1-2H3/t21-,24-. The molecule has 0 heterocycles. The monoisotopic (exact) mass is 462 g/mol. The molecule has 7 heteroatoms. The number of sulfonamides is 1. The van der Waals surface area contributed by atoms with Crippen molar-refractivity contribution in [2.24, 2.45) is 0 Å². The Balaban J connectivity index is 1.71. The third-order valence-electron chi connectivity index (χ3n) is 6.42. The fraction of sp³-hybridized carbons (Fsp3) is 0.520. The number of hydrogen-bond donors (Lipinski definition) is 2. The molecule has 1 saturated carbocycles. The van der Waals surface area contributed by atoms with E-state index >= 15 is 0 Å². The molecule has 0 bridgehead atoms. The first-order valence-electron chi connectivity index (χ1n) is 11.4. The van der Waals surface area contributed by atoms with Crippen LogP contribution in [0.25, 0.3) is 0 Å². The third kappa shape index (κ3) is 6.61. The van der Waals surface area contributed by atoms with E-state index in [1.54, 1.807) is 16.4 Å². The molecule has 1 aliphatic carbocycles. The lowest BCUT2D eigenvalue weighted by Crippen LogP contribution is -2.41. The van der Waals surface area contributed by atoms with Crippen LogP contribution in [0.4, 0.5) is 4.39 Å². The summed E-state index contributed by atoms with van der Waals surface area (Å²) in [6.07, 6.45) is 6.39. The molecule has 0 aliphatic heterocycles. The number of nitrogens with one attached hydrogen (secondary N) is 1. The van der Waals surface area contributed by atoms with Crippen molar-refractivity contribution in [3.05, 3.63) is 70.5 Å². The summed E-state index contributed by atoms with van der Waals surface area (Å²) >= 11 is 0. The summed E-state index contributed by atoms with van der Waals surface area (Å²) in [6.45, 7) is 1.27. The van der Waals surface area contributed by atoms with Crippen LogP contribution < -0.4 is 5.32 Å². The molecule has 0 unspecified atom stereocenters. The molecule has 0 spiro atoms. The van der Waals surface area contributed by atoms with Gasteiger partial charge in [0, 0.05) is 25.7 Å². The molecule has 5 nitrogen and oxygen atoms in total. The van der Waals surface area contributed by atoms with Gasteiger partial charge in [0.2, 0.25) is 10.0 Å². The first kappa shape index (κ1) is 24.8. The van der Waals surface area contributed by atoms with Crippen LogP contribution in [0.3, 0.4) is 0 Å². The van der Waals surface area contributed by atoms with Crippen LogP contribution in [-0.4, -0.2) is 43.8 Å². The van der Waals surface area contributed by atoms with Gasteiger partial charge >= 0.3 is 0 Å². The second-order valence-electron chi connectivity index (χ2n) is 8.83. The van der Waals surface area contributed by atoms with Gasteiger partial charge in [0.25, 0.3) is 0 Å². The fourth-order valence-corrected chi connectivity index (χ4v) is 5.94. The van der Waals surface area contributed by atoms with Crippen molar-refractivity contribution < 1.29 is 17.9 Å². The minimum Gasteiger partial charge on any atom is -0.396 e. The minimum absolute atomic E-state index is 0.0390. The van der Waals surface area contributed by atoms with E-state index in [1.165, 1.54) is 35.1 Å². The van der Waals surface area contributed by atoms with Gasteiger partial charge in [0.05, 0.1) is 6.26 Å². The summed E-state index contributed by atoms with van der Waals surface area (Å²) in [5.41, 5.74) is 4.67. The van der Waals surface area contributed by atoms with E-state index in [9.17, 15) is 12.8 Å². The summed E-state index contributed by atoms with van der Waals surface area (Å²) in [5.74, 6) is 0.0913. The Hall–Kier alpha value is -1.80. The number of aryl methyl sites for hydroxylation is 1. The van der Waals surface area contributed by atoms with Crippen LogP contribution in [0, 0.1) is 5.82 Å². The van der Waals surface area contributed by atoms with Gasteiger partial charge in [-0.05, 0) is 85.9 Å². The maximum atomic E-state index is 13.2. The van der Waals surface area contributed by atoms with Crippen molar-refractivity contribution in [1.82, 2.24) is 9.62 Å². The zero-order chi connectivity index (χ0) is 23.1. The van der Waals surface area contributed by atoms with E-state index in [0.29, 0.717) is 5.92 Å². The van der Waals surface area contributed by atoms with Crippen molar-refractivity contribution in [1.29, 1.82) is 0 Å². The van der Waals surface area contributed by atoms with E-state index in [1.807, 2.05) is 7.05 Å². The molecule has 32 heavy (non-hydrogen) atoms. The Morgan fingerprint density at radius 3 is 2.31 bits per heavy atom. The first-order chi connectivity index (χ1) is 15.3. The second-order valence-corrected chi connectivity index (χ2v) is 10.8. The predicted molar refractivity (Wildman–Crippen MR) is 126 cm³/mol. The molecule has 3 rings (SSSR count). The van der Waals surface area contributed by atoms with Gasteiger partial charge in [-0.2, -0.15) is 4.31 Å². The summed E-state index contributed by atoms with van der Waals surface area (Å²) in [5, 5.41) is 12.4. The zero-order valence-electron chi connectivity index (χ0n) is 19.1. The van der Waals surface area contributed by atoms with Crippen LogP contribution in [-0.2, 0) is 29.5 Å². The molecule has 176 valence electrons. The molecular weight excluding hydrogens is 427 g/mol. The molecule has 1 aliphatic rings. The summed E-state index contributed by atoms with van der Waals surface area (Å²) < 4.78 is 39.9. The van der Waals surface area contributed by atoms with Gasteiger partial charge in [-0.3, -0.25) is 0 Å². The van der Waals surface area contributed by atoms with Crippen LogP contribution in [0.5, 0.6) is 0 Å². The van der Waals surface area contributed by atoms with Crippen molar-refractivity contribution >= 4 is 10.0 Å². The number of nitrogens with zero attached hydrogens (tertiary/aromatic N) is 1. The maximum Gasteiger partial charge on any atom is 0.211 e. The van der Waals surface area contributed by atoms with Crippen molar-refractivity contribution in [2.75, 3.05) is 19.9 Å². The van der Waals surface area contributed by atoms with Gasteiger partial charge in [-0.1, -0.05) is 30.3 Å². The highest BCUT2D eigenvalue weighted by molar-refractivity contribution is 7.88. The Bertz CT molecular complexity index is 971. The van der Waals surface area contributed by atoms with Crippen molar-refractivity contribution in [3.8, 4) is 0 Å². The molecular formula is C25H35FN2O3S. The van der Waals surface area contributed by atoms with E-state index in [2.05, 4.69) is 23.5 Å². The smallest absolute Gasteiger partial charge is 0.211 e. The predicted octanol–water partition coefficient (Wildman–Crippen LogP) is 3.96. The lowest BCUT2D eigenvalue weighted by molar-refractivity contribution is 0.235. The fourth-order valence-electron chi connectivity index (χ4n) is 4.80. The van der Waals surface area contributed by atoms with Gasteiger partial charge in [0.1, 0.15) is 5.82 Å². The van der Waals surface area contributed by atoms with E-state index in [4.69, 9.17) is 5.11 Å². The van der Waals surface area contributed by atoms with Crippen molar-refractivity contribution in [2.45, 2.75) is 63.6 Å². The lowest BCUT2D eigenvalue weighted by Gasteiger charge is -2.36. The van der Waals surface area contributed by atoms with Gasteiger partial charge in [0.15, 0.2) is 0 Å². The maximum absolute atomic E-state index is 13.2. The number of halogens is 1. The van der Waals surface area contributed by atoms with Gasteiger partial charge in [-0.25, -0.2) is 12.8 Å². The molecule has 0 aromatic heterocycles. The van der Waals surface area contributed by atoms with Crippen molar-refractivity contribution in [3.63, 3.8) is 0 Å². The largest absolute Gasteiger partial charge is 0.396 e. The van der Waals surface area contributed by atoms with E-state index < -0.39 is 10.0 Å². The molecule has 0 amide bonds. The Labute approximate surface area is 191 Å². The molecule has 0 saturated heterocycles. The van der Waals surface area contributed by atoms with E-state index in [0.717, 1.165) is 50.6 Å². The topological polar surface area (TPSA) is 69.6 Å². The summed E-state index contributed by atoms with van der Waals surface area (Å²) in [7, 11) is -1.43. The van der Waals surface area contributed by atoms with E-state index in [-0.39, 0.29) is 25.0 Å². The Morgan fingerprint density at radius 1 is 1.06 bits per heavy atom. The number of rotatable bonds is 10. The molecule has 2 N–H and O–H groups in total. The minimum atomic E-state index is -3.38. The van der Waals surface area contributed by atoms with Gasteiger partial charge in [-0.15, -0.1) is 0 Å². The number of benzene rings is 2. The van der Waals surface area contributed by atoms with Crippen LogP contribution in [0.1, 0.15) is 60.3 Å². The van der Waals surface area contributed by atoms with Gasteiger partial charge < -0.3 is 10.4 Å². The third-order valence-corrected chi connectivity index (χ3v) is 7.70. The average molecular weight is 463 g/mol. The highest BCUT2D eigenvalue weighted by Crippen LogP contribution is 2.37. The van der Waals surface area contributed by atoms with Crippen LogP contribution >= 0.6 is 0 Å². The average Bonchev–Trinajstić information content (AvgIpc) is 2.77. The van der Waals surface area contributed by atoms with Crippen LogP contribution in [0.15, 0.2) is 42.5 Å². The normalized spacial score (nSPS) is 19.4. The highest BCUT2D eigenvalue weighted by Gasteiger charge is 2.32. The first-order valence-corrected chi connectivity index (χ1v) is 13.2. The number of aliphatic hydroxyl groups excluding tert-OH is 1. The Morgan fingerprint density at radius 2 is 1.72 bits per heavy atom. The highest BCUT2D eigenvalue weighted by atomic mass is 32.2. The zero-order valence-corrected chi connectivity index (χ0v) is 19.9. The lowest BCUT2D eigenvalue weighted by atomic mass is 9.79. The molecule has 2 aromatic rings. The number of hydrogen-bond acceptors (Lipinski definition) is 4. The SMILES string of the molecule is CNCc1cc(CCCO)ccc1[C@H]1CC[C@H](N(Cc2ccc(F)cc2)S(C)(=O)=O)CC1. The quantitative estimate of drug-likeness (QED) is 0.561. The summed E-state index contributed by atoms with van der Waals surface area (Å²) in [6, 6.07) is 12.6. The molecule has 0 radical (unpaired) electrons. The molecule has 0 atom stereocenters. The molecule has 2 aromatic carbocycles.